The Morgan fingerprint density at radius 1 is 0.595 bits per heavy atom. The van der Waals surface area contributed by atoms with E-state index in [1.54, 1.807) is 6.20 Å². The molecule has 10 rings (SSSR count). The molecule has 0 amide bonds. The first kappa shape index (κ1) is 21.7. The first-order valence-corrected chi connectivity index (χ1v) is 13.9. The van der Waals surface area contributed by atoms with Crippen molar-refractivity contribution in [3.63, 3.8) is 0 Å². The summed E-state index contributed by atoms with van der Waals surface area (Å²) in [4.78, 5) is 14.3. The topological polar surface area (TPSA) is 71.8 Å². The molecule has 0 spiro atoms. The fraction of sp³-hybridized carbons (Fsp3) is 0. The lowest BCUT2D eigenvalue weighted by Gasteiger charge is -2.09. The van der Waals surface area contributed by atoms with Gasteiger partial charge in [0.1, 0.15) is 11.6 Å². The number of pyridine rings is 1. The van der Waals surface area contributed by atoms with Crippen molar-refractivity contribution in [2.45, 2.75) is 0 Å². The van der Waals surface area contributed by atoms with Crippen LogP contribution in [0.5, 0.6) is 0 Å². The van der Waals surface area contributed by atoms with Gasteiger partial charge in [-0.05, 0) is 53.2 Å². The number of nitriles is 1. The predicted octanol–water partition coefficient (Wildman–Crippen LogP) is 8.30. The van der Waals surface area contributed by atoms with Crippen molar-refractivity contribution in [3.8, 4) is 12.0 Å². The number of rotatable bonds is 1. The average molecular weight is 535 g/mol. The van der Waals surface area contributed by atoms with Gasteiger partial charge in [-0.2, -0.15) is 10.2 Å². The summed E-state index contributed by atoms with van der Waals surface area (Å²) in [6, 6.07) is 38.5. The van der Waals surface area contributed by atoms with Gasteiger partial charge in [0.25, 0.3) is 0 Å². The first-order valence-electron chi connectivity index (χ1n) is 13.9. The summed E-state index contributed by atoms with van der Waals surface area (Å²) in [6.07, 6.45) is 1.67. The summed E-state index contributed by atoms with van der Waals surface area (Å²) < 4.78 is 4.54. The molecule has 0 aliphatic rings. The minimum atomic E-state index is 0.262. The van der Waals surface area contributed by atoms with Gasteiger partial charge < -0.3 is 4.40 Å². The number of aromatic nitrogens is 5. The van der Waals surface area contributed by atoms with E-state index in [1.165, 1.54) is 32.6 Å². The molecule has 0 unspecified atom stereocenters. The Kier molecular flexibility index (Phi) is 3.91. The van der Waals surface area contributed by atoms with Crippen molar-refractivity contribution < 1.29 is 0 Å². The number of hydrogen-bond acceptors (Lipinski definition) is 4. The van der Waals surface area contributed by atoms with Crippen LogP contribution in [0.1, 0.15) is 5.69 Å². The van der Waals surface area contributed by atoms with E-state index in [4.69, 9.17) is 9.97 Å². The van der Waals surface area contributed by atoms with Crippen LogP contribution < -0.4 is 0 Å². The summed E-state index contributed by atoms with van der Waals surface area (Å²) in [5.41, 5.74) is 6.98. The number of benzene rings is 5. The Labute approximate surface area is 237 Å². The molecule has 42 heavy (non-hydrogen) atoms. The third kappa shape index (κ3) is 2.56. The molecule has 0 N–H and O–H groups in total. The molecule has 0 aliphatic carbocycles. The molecule has 10 aromatic rings. The fourth-order valence-electron chi connectivity index (χ4n) is 7.03. The second kappa shape index (κ2) is 7.57. The van der Waals surface area contributed by atoms with E-state index < -0.39 is 0 Å². The van der Waals surface area contributed by atoms with Crippen molar-refractivity contribution in [2.75, 3.05) is 0 Å². The largest absolute Gasteiger partial charge is 0.308 e. The van der Waals surface area contributed by atoms with Gasteiger partial charge in [0.2, 0.25) is 5.95 Å². The molecule has 5 aromatic heterocycles. The quantitative estimate of drug-likeness (QED) is 0.212. The molecule has 0 saturated carbocycles. The minimum Gasteiger partial charge on any atom is -0.308 e. The van der Waals surface area contributed by atoms with Crippen LogP contribution in [0.2, 0.25) is 0 Å². The fourth-order valence-corrected chi connectivity index (χ4v) is 7.03. The Bertz CT molecular complexity index is 2810. The van der Waals surface area contributed by atoms with Crippen LogP contribution in [-0.2, 0) is 0 Å². The van der Waals surface area contributed by atoms with E-state index in [0.717, 1.165) is 38.1 Å². The van der Waals surface area contributed by atoms with Crippen LogP contribution >= 0.6 is 0 Å². The highest BCUT2D eigenvalue weighted by Gasteiger charge is 2.25. The second-order valence-electron chi connectivity index (χ2n) is 10.8. The van der Waals surface area contributed by atoms with Gasteiger partial charge in [-0.25, -0.2) is 4.98 Å². The highest BCUT2D eigenvalue weighted by Crippen LogP contribution is 2.46. The molecule has 6 nitrogen and oxygen atoms in total. The van der Waals surface area contributed by atoms with Gasteiger partial charge in [0.15, 0.2) is 5.69 Å². The molecule has 5 aromatic carbocycles. The highest BCUT2D eigenvalue weighted by molar-refractivity contribution is 6.34. The molecule has 0 atom stereocenters. The van der Waals surface area contributed by atoms with Crippen LogP contribution in [0.3, 0.4) is 0 Å². The number of para-hydroxylation sites is 2. The van der Waals surface area contributed by atoms with Crippen LogP contribution in [0.4, 0.5) is 0 Å². The van der Waals surface area contributed by atoms with Crippen LogP contribution in [0.25, 0.3) is 87.7 Å². The summed E-state index contributed by atoms with van der Waals surface area (Å²) in [7, 11) is 0. The van der Waals surface area contributed by atoms with Crippen LogP contribution in [0, 0.1) is 11.3 Å². The molecule has 5 heterocycles. The highest BCUT2D eigenvalue weighted by atomic mass is 15.2. The van der Waals surface area contributed by atoms with Crippen molar-refractivity contribution >= 4 is 81.7 Å². The van der Waals surface area contributed by atoms with Gasteiger partial charge in [-0.3, -0.25) is 9.55 Å². The van der Waals surface area contributed by atoms with E-state index in [1.807, 2.05) is 12.1 Å². The number of nitrogens with zero attached hydrogens (tertiary/aromatic N) is 6. The number of fused-ring (bicyclic) bond motifs is 12. The monoisotopic (exact) mass is 534 g/mol. The maximum atomic E-state index is 10.1. The molecule has 6 heteroatoms. The smallest absolute Gasteiger partial charge is 0.236 e. The Morgan fingerprint density at radius 3 is 2.14 bits per heavy atom. The lowest BCUT2D eigenvalue weighted by molar-refractivity contribution is 1.00. The minimum absolute atomic E-state index is 0.262. The van der Waals surface area contributed by atoms with E-state index in [0.29, 0.717) is 17.0 Å². The van der Waals surface area contributed by atoms with Crippen molar-refractivity contribution in [2.24, 2.45) is 0 Å². The van der Waals surface area contributed by atoms with Crippen LogP contribution in [-0.4, -0.2) is 23.9 Å². The SMILES string of the molecule is N#Cc1nc(-n2c3cc4ccccc4cc3c3cc4c5ccccc5n5c6ccccc6c(c32)c45)nc2cccnc12. The first-order chi connectivity index (χ1) is 20.8. The van der Waals surface area contributed by atoms with E-state index in [-0.39, 0.29) is 5.69 Å². The third-order valence-electron chi connectivity index (χ3n) is 8.71. The van der Waals surface area contributed by atoms with Gasteiger partial charge in [0.05, 0.1) is 33.1 Å². The molecular weight excluding hydrogens is 516 g/mol. The standard InChI is InChI=1S/C36H18N6/c37-19-28-33-27(12-7-15-38-33)39-36(40-28)42-31-17-21-9-2-1-8-20(21)16-24(31)26-18-25-22-10-3-5-13-29(22)41-30-14-6-4-11-23(30)32(34(25)41)35(26)42/h1-18H. The van der Waals surface area contributed by atoms with Gasteiger partial charge in [-0.15, -0.1) is 0 Å². The lowest BCUT2D eigenvalue weighted by Crippen LogP contribution is -2.04. The summed E-state index contributed by atoms with van der Waals surface area (Å²) in [6.45, 7) is 0. The normalized spacial score (nSPS) is 12.3. The van der Waals surface area contributed by atoms with Crippen molar-refractivity contribution in [1.82, 2.24) is 23.9 Å². The van der Waals surface area contributed by atoms with Crippen molar-refractivity contribution in [1.29, 1.82) is 5.26 Å². The van der Waals surface area contributed by atoms with E-state index in [9.17, 15) is 5.26 Å². The Morgan fingerprint density at radius 2 is 1.31 bits per heavy atom. The molecule has 0 aliphatic heterocycles. The third-order valence-corrected chi connectivity index (χ3v) is 8.71. The summed E-state index contributed by atoms with van der Waals surface area (Å²) >= 11 is 0. The van der Waals surface area contributed by atoms with E-state index >= 15 is 0 Å². The van der Waals surface area contributed by atoms with Crippen LogP contribution in [0.15, 0.2) is 109 Å². The maximum Gasteiger partial charge on any atom is 0.236 e. The summed E-state index contributed by atoms with van der Waals surface area (Å²) in [5, 5.41) is 19.4. The zero-order valence-corrected chi connectivity index (χ0v) is 22.1. The predicted molar refractivity (Wildman–Crippen MR) is 169 cm³/mol. The Balaban J connectivity index is 1.54. The molecule has 0 bridgehead atoms. The summed E-state index contributed by atoms with van der Waals surface area (Å²) in [5.74, 6) is 0.463. The number of hydrogen-bond donors (Lipinski definition) is 0. The lowest BCUT2D eigenvalue weighted by atomic mass is 10.0. The van der Waals surface area contributed by atoms with E-state index in [2.05, 4.69) is 111 Å². The molecule has 192 valence electrons. The zero-order valence-electron chi connectivity index (χ0n) is 22.1. The molecular formula is C36H18N6. The molecule has 0 saturated heterocycles. The van der Waals surface area contributed by atoms with Gasteiger partial charge >= 0.3 is 0 Å². The maximum absolute atomic E-state index is 10.1. The Hall–Kier alpha value is -6.06. The second-order valence-corrected chi connectivity index (χ2v) is 10.8. The zero-order chi connectivity index (χ0) is 27.5. The molecule has 0 radical (unpaired) electrons. The van der Waals surface area contributed by atoms with Gasteiger partial charge in [-0.1, -0.05) is 60.7 Å². The molecule has 0 fully saturated rings. The average Bonchev–Trinajstić information content (AvgIpc) is 3.67. The van der Waals surface area contributed by atoms with Gasteiger partial charge in [0, 0.05) is 38.5 Å². The van der Waals surface area contributed by atoms with Crippen molar-refractivity contribution in [3.05, 3.63) is 115 Å².